The SMILES string of the molecule is CCc1cc(Cl)cc(CC)c1C1=C(OC(=O)O)C2(CCC(OC)CC2)NC1=O. The molecule has 1 aliphatic carbocycles. The maximum absolute atomic E-state index is 13.1. The fourth-order valence-electron chi connectivity index (χ4n) is 4.42. The first-order chi connectivity index (χ1) is 13.3. The molecule has 1 fully saturated rings. The van der Waals surface area contributed by atoms with Crippen molar-refractivity contribution in [2.24, 2.45) is 0 Å². The summed E-state index contributed by atoms with van der Waals surface area (Å²) in [5.41, 5.74) is 2.07. The van der Waals surface area contributed by atoms with Gasteiger partial charge in [0.05, 0.1) is 17.2 Å². The first-order valence-electron chi connectivity index (χ1n) is 9.67. The third-order valence-corrected chi connectivity index (χ3v) is 6.05. The smallest absolute Gasteiger partial charge is 0.449 e. The number of methoxy groups -OCH3 is 1. The van der Waals surface area contributed by atoms with Crippen LogP contribution in [0.5, 0.6) is 0 Å². The average Bonchev–Trinajstić information content (AvgIpc) is 2.92. The third kappa shape index (κ3) is 3.63. The Hall–Kier alpha value is -2.05. The lowest BCUT2D eigenvalue weighted by Crippen LogP contribution is -2.49. The van der Waals surface area contributed by atoms with Crippen LogP contribution in [0.3, 0.4) is 0 Å². The summed E-state index contributed by atoms with van der Waals surface area (Å²) in [6, 6.07) is 3.67. The fraction of sp³-hybridized carbons (Fsp3) is 0.524. The van der Waals surface area contributed by atoms with Crippen LogP contribution in [0.4, 0.5) is 4.79 Å². The summed E-state index contributed by atoms with van der Waals surface area (Å²) >= 11 is 6.26. The second-order valence-corrected chi connectivity index (χ2v) is 7.79. The highest BCUT2D eigenvalue weighted by Crippen LogP contribution is 2.45. The summed E-state index contributed by atoms with van der Waals surface area (Å²) in [5, 5.41) is 13.0. The van der Waals surface area contributed by atoms with E-state index in [1.807, 2.05) is 26.0 Å². The molecule has 152 valence electrons. The van der Waals surface area contributed by atoms with Gasteiger partial charge >= 0.3 is 6.16 Å². The Morgan fingerprint density at radius 2 is 1.82 bits per heavy atom. The molecule has 0 unspecified atom stereocenters. The van der Waals surface area contributed by atoms with Crippen molar-refractivity contribution in [3.05, 3.63) is 39.6 Å². The van der Waals surface area contributed by atoms with Gasteiger partial charge in [-0.15, -0.1) is 0 Å². The molecule has 2 N–H and O–H groups in total. The normalized spacial score (nSPS) is 24.6. The molecule has 28 heavy (non-hydrogen) atoms. The minimum absolute atomic E-state index is 0.102. The largest absolute Gasteiger partial charge is 0.511 e. The van der Waals surface area contributed by atoms with Crippen molar-refractivity contribution in [2.45, 2.75) is 64.0 Å². The average molecular weight is 408 g/mol. The van der Waals surface area contributed by atoms with Crippen molar-refractivity contribution in [3.8, 4) is 0 Å². The molecule has 3 rings (SSSR count). The second-order valence-electron chi connectivity index (χ2n) is 7.35. The quantitative estimate of drug-likeness (QED) is 0.709. The number of aryl methyl sites for hydroxylation is 2. The molecule has 1 spiro atoms. The lowest BCUT2D eigenvalue weighted by molar-refractivity contribution is -0.116. The van der Waals surface area contributed by atoms with Gasteiger partial charge in [-0.25, -0.2) is 4.79 Å². The molecule has 7 heteroatoms. The highest BCUT2D eigenvalue weighted by molar-refractivity contribution is 6.31. The van der Waals surface area contributed by atoms with E-state index in [2.05, 4.69) is 5.32 Å². The van der Waals surface area contributed by atoms with Gasteiger partial charge in [-0.2, -0.15) is 0 Å². The van der Waals surface area contributed by atoms with Crippen LogP contribution in [-0.4, -0.2) is 35.9 Å². The van der Waals surface area contributed by atoms with Gasteiger partial charge in [0.15, 0.2) is 0 Å². The number of ether oxygens (including phenoxy) is 2. The van der Waals surface area contributed by atoms with Gasteiger partial charge in [0.25, 0.3) is 5.91 Å². The van der Waals surface area contributed by atoms with E-state index in [4.69, 9.17) is 21.1 Å². The molecular formula is C21H26ClNO5. The number of halogens is 1. The molecule has 1 aliphatic heterocycles. The van der Waals surface area contributed by atoms with Gasteiger partial charge in [-0.1, -0.05) is 25.4 Å². The van der Waals surface area contributed by atoms with Crippen LogP contribution in [0, 0.1) is 0 Å². The topological polar surface area (TPSA) is 84.9 Å². The first kappa shape index (κ1) is 20.7. The summed E-state index contributed by atoms with van der Waals surface area (Å²) < 4.78 is 10.7. The lowest BCUT2D eigenvalue weighted by atomic mass is 9.78. The Balaban J connectivity index is 2.20. The van der Waals surface area contributed by atoms with Crippen molar-refractivity contribution >= 4 is 29.2 Å². The Kier molecular flexibility index (Phi) is 6.01. The molecular weight excluding hydrogens is 382 g/mol. The van der Waals surface area contributed by atoms with Crippen LogP contribution in [0.25, 0.3) is 5.57 Å². The van der Waals surface area contributed by atoms with E-state index in [1.54, 1.807) is 7.11 Å². The predicted octanol–water partition coefficient (Wildman–Crippen LogP) is 4.33. The number of carboxylic acid groups (broad SMARTS) is 1. The van der Waals surface area contributed by atoms with Crippen molar-refractivity contribution in [1.82, 2.24) is 5.32 Å². The summed E-state index contributed by atoms with van der Waals surface area (Å²) in [6.45, 7) is 3.97. The Morgan fingerprint density at radius 1 is 1.25 bits per heavy atom. The van der Waals surface area contributed by atoms with Crippen molar-refractivity contribution in [2.75, 3.05) is 7.11 Å². The Bertz CT molecular complexity index is 799. The van der Waals surface area contributed by atoms with Gasteiger partial charge in [-0.05, 0) is 67.3 Å². The number of nitrogens with one attached hydrogen (secondary N) is 1. The minimum atomic E-state index is -1.41. The monoisotopic (exact) mass is 407 g/mol. The van der Waals surface area contributed by atoms with Gasteiger partial charge < -0.3 is 19.9 Å². The van der Waals surface area contributed by atoms with E-state index in [0.717, 1.165) is 29.5 Å². The molecule has 0 radical (unpaired) electrons. The molecule has 0 saturated heterocycles. The molecule has 0 bridgehead atoms. The molecule has 1 saturated carbocycles. The van der Waals surface area contributed by atoms with E-state index in [9.17, 15) is 14.7 Å². The first-order valence-corrected chi connectivity index (χ1v) is 10.1. The maximum atomic E-state index is 13.1. The summed E-state index contributed by atoms with van der Waals surface area (Å²) in [4.78, 5) is 24.6. The molecule has 1 aromatic rings. The molecule has 1 heterocycles. The standard InChI is InChI=1S/C21H26ClNO5/c1-4-12-10-14(22)11-13(5-2)16(12)17-18(28-20(25)26)21(23-19(17)24)8-6-15(27-3)7-9-21/h10-11,15H,4-9H2,1-3H3,(H,23,24)(H,25,26). The summed E-state index contributed by atoms with van der Waals surface area (Å²) in [6.07, 6.45) is 2.60. The van der Waals surface area contributed by atoms with E-state index in [0.29, 0.717) is 36.3 Å². The number of carbonyl (C=O) groups excluding carboxylic acids is 1. The van der Waals surface area contributed by atoms with Crippen LogP contribution in [0.2, 0.25) is 5.02 Å². The van der Waals surface area contributed by atoms with Crippen LogP contribution in [0.1, 0.15) is 56.2 Å². The zero-order valence-corrected chi connectivity index (χ0v) is 17.2. The van der Waals surface area contributed by atoms with Crippen molar-refractivity contribution in [3.63, 3.8) is 0 Å². The van der Waals surface area contributed by atoms with Crippen molar-refractivity contribution < 1.29 is 24.2 Å². The van der Waals surface area contributed by atoms with Crippen LogP contribution >= 0.6 is 11.6 Å². The Morgan fingerprint density at radius 3 is 2.29 bits per heavy atom. The molecule has 1 amide bonds. The second kappa shape index (κ2) is 8.13. The number of carbonyl (C=O) groups is 2. The van der Waals surface area contributed by atoms with E-state index < -0.39 is 11.7 Å². The van der Waals surface area contributed by atoms with Gasteiger partial charge in [0.2, 0.25) is 0 Å². The van der Waals surface area contributed by atoms with Crippen LogP contribution in [0.15, 0.2) is 17.9 Å². The highest BCUT2D eigenvalue weighted by Gasteiger charge is 2.50. The molecule has 0 aromatic heterocycles. The lowest BCUT2D eigenvalue weighted by Gasteiger charge is -2.37. The number of hydrogen-bond donors (Lipinski definition) is 2. The third-order valence-electron chi connectivity index (χ3n) is 5.83. The molecule has 1 aromatic carbocycles. The van der Waals surface area contributed by atoms with Gasteiger partial charge in [0, 0.05) is 12.1 Å². The maximum Gasteiger partial charge on any atom is 0.511 e. The number of rotatable bonds is 5. The summed E-state index contributed by atoms with van der Waals surface area (Å²) in [5.74, 6) is -0.0786. The molecule has 2 aliphatic rings. The Labute approximate surface area is 169 Å². The fourth-order valence-corrected chi connectivity index (χ4v) is 4.68. The molecule has 0 atom stereocenters. The summed E-state index contributed by atoms with van der Waals surface area (Å²) in [7, 11) is 1.67. The van der Waals surface area contributed by atoms with E-state index in [-0.39, 0.29) is 17.8 Å². The highest BCUT2D eigenvalue weighted by atomic mass is 35.5. The number of hydrogen-bond acceptors (Lipinski definition) is 4. The zero-order chi connectivity index (χ0) is 20.5. The van der Waals surface area contributed by atoms with Crippen LogP contribution < -0.4 is 5.32 Å². The zero-order valence-electron chi connectivity index (χ0n) is 16.4. The van der Waals surface area contributed by atoms with Gasteiger partial charge in [0.1, 0.15) is 5.76 Å². The minimum Gasteiger partial charge on any atom is -0.449 e. The van der Waals surface area contributed by atoms with Crippen molar-refractivity contribution in [1.29, 1.82) is 0 Å². The predicted molar refractivity (Wildman–Crippen MR) is 106 cm³/mol. The number of benzene rings is 1. The van der Waals surface area contributed by atoms with Crippen LogP contribution in [-0.2, 0) is 27.1 Å². The number of amides is 1. The van der Waals surface area contributed by atoms with Gasteiger partial charge in [-0.3, -0.25) is 4.79 Å². The van der Waals surface area contributed by atoms with E-state index in [1.165, 1.54) is 0 Å². The molecule has 6 nitrogen and oxygen atoms in total. The van der Waals surface area contributed by atoms with E-state index >= 15 is 0 Å².